The number of para-hydroxylation sites is 1. The molecule has 2 aromatic carbocycles. The van der Waals surface area contributed by atoms with E-state index in [0.29, 0.717) is 25.5 Å². The van der Waals surface area contributed by atoms with Crippen LogP contribution < -0.4 is 5.32 Å². The maximum Gasteiger partial charge on any atom is 0.323 e. The zero-order chi connectivity index (χ0) is 22.6. The first-order chi connectivity index (χ1) is 16.2. The quantitative estimate of drug-likeness (QED) is 0.506. The molecule has 1 aliphatic heterocycles. The molecule has 1 aliphatic rings. The fraction of sp³-hybridized carbons (Fsp3) is 0.240. The molecule has 1 saturated heterocycles. The van der Waals surface area contributed by atoms with E-state index in [2.05, 4.69) is 43.1 Å². The zero-order valence-electron chi connectivity index (χ0n) is 18.2. The number of nitrogens with zero attached hydrogens (tertiary/aromatic N) is 5. The maximum absolute atomic E-state index is 13.7. The van der Waals surface area contributed by atoms with Crippen LogP contribution in [0.25, 0.3) is 10.9 Å². The van der Waals surface area contributed by atoms with Crippen molar-refractivity contribution in [2.24, 2.45) is 0 Å². The van der Waals surface area contributed by atoms with Crippen molar-refractivity contribution in [2.45, 2.75) is 13.1 Å². The second-order valence-electron chi connectivity index (χ2n) is 8.21. The van der Waals surface area contributed by atoms with Crippen molar-refractivity contribution in [3.63, 3.8) is 0 Å². The Balaban J connectivity index is 1.25. The predicted molar refractivity (Wildman–Crippen MR) is 125 cm³/mol. The summed E-state index contributed by atoms with van der Waals surface area (Å²) in [5.74, 6) is 0.237. The molecule has 2 amide bonds. The van der Waals surface area contributed by atoms with Crippen LogP contribution in [-0.4, -0.2) is 56.5 Å². The summed E-state index contributed by atoms with van der Waals surface area (Å²) < 4.78 is 15.8. The molecule has 1 N–H and O–H groups in total. The van der Waals surface area contributed by atoms with Gasteiger partial charge in [-0.15, -0.1) is 0 Å². The van der Waals surface area contributed by atoms with Gasteiger partial charge in [0.15, 0.2) is 5.82 Å². The third kappa shape index (κ3) is 4.85. The van der Waals surface area contributed by atoms with Crippen molar-refractivity contribution in [1.29, 1.82) is 0 Å². The molecule has 4 aromatic rings. The van der Waals surface area contributed by atoms with Crippen LogP contribution in [0.5, 0.6) is 0 Å². The highest BCUT2D eigenvalue weighted by Gasteiger charge is 2.22. The Morgan fingerprint density at radius 2 is 1.85 bits per heavy atom. The topological polar surface area (TPSA) is 66.3 Å². The van der Waals surface area contributed by atoms with E-state index in [1.54, 1.807) is 29.4 Å². The summed E-state index contributed by atoms with van der Waals surface area (Å²) in [6.45, 7) is 4.29. The lowest BCUT2D eigenvalue weighted by atomic mass is 10.1. The van der Waals surface area contributed by atoms with Crippen LogP contribution in [0, 0.1) is 5.82 Å². The molecule has 0 bridgehead atoms. The lowest BCUT2D eigenvalue weighted by Crippen LogP contribution is -2.49. The number of rotatable bonds is 5. The fourth-order valence-electron chi connectivity index (χ4n) is 4.31. The predicted octanol–water partition coefficient (Wildman–Crippen LogP) is 3.97. The Kier molecular flexibility index (Phi) is 5.99. The first-order valence-corrected chi connectivity index (χ1v) is 11.0. The van der Waals surface area contributed by atoms with Crippen molar-refractivity contribution < 1.29 is 9.18 Å². The lowest BCUT2D eigenvalue weighted by molar-refractivity contribution is 0.143. The minimum absolute atomic E-state index is 0.151. The smallest absolute Gasteiger partial charge is 0.323 e. The summed E-state index contributed by atoms with van der Waals surface area (Å²) in [5, 5.41) is 4.00. The zero-order valence-corrected chi connectivity index (χ0v) is 18.2. The summed E-state index contributed by atoms with van der Waals surface area (Å²) in [5.41, 5.74) is 3.31. The van der Waals surface area contributed by atoms with Gasteiger partial charge < -0.3 is 9.47 Å². The summed E-state index contributed by atoms with van der Waals surface area (Å²) in [7, 11) is 0. The van der Waals surface area contributed by atoms with E-state index in [-0.39, 0.29) is 11.8 Å². The van der Waals surface area contributed by atoms with Gasteiger partial charge in [-0.2, -0.15) is 0 Å². The molecular weight excluding hydrogens is 419 g/mol. The van der Waals surface area contributed by atoms with Gasteiger partial charge in [0.25, 0.3) is 0 Å². The second kappa shape index (κ2) is 9.38. The van der Waals surface area contributed by atoms with Crippen LogP contribution in [0.4, 0.5) is 15.0 Å². The summed E-state index contributed by atoms with van der Waals surface area (Å²) in [4.78, 5) is 24.7. The molecule has 7 nitrogen and oxygen atoms in total. The van der Waals surface area contributed by atoms with Crippen molar-refractivity contribution in [3.8, 4) is 0 Å². The van der Waals surface area contributed by atoms with Gasteiger partial charge in [-0.25, -0.2) is 14.2 Å². The van der Waals surface area contributed by atoms with Crippen LogP contribution in [0.3, 0.4) is 0 Å². The van der Waals surface area contributed by atoms with Gasteiger partial charge in [0, 0.05) is 68.8 Å². The van der Waals surface area contributed by atoms with Gasteiger partial charge >= 0.3 is 6.03 Å². The summed E-state index contributed by atoms with van der Waals surface area (Å²) in [6, 6.07) is 14.9. The number of carbonyl (C=O) groups is 1. The SMILES string of the molecule is O=C(Nc1cnccn1)N1CCN(Cc2cn(Cc3cccc(F)c3)c3ccccc23)CC1. The highest BCUT2D eigenvalue weighted by Crippen LogP contribution is 2.24. The number of nitrogens with one attached hydrogen (secondary N) is 1. The molecule has 0 radical (unpaired) electrons. The molecule has 0 unspecified atom stereocenters. The van der Waals surface area contributed by atoms with Crippen LogP contribution in [0.2, 0.25) is 0 Å². The van der Waals surface area contributed by atoms with Crippen LogP contribution in [0.1, 0.15) is 11.1 Å². The van der Waals surface area contributed by atoms with E-state index in [0.717, 1.165) is 30.7 Å². The average Bonchev–Trinajstić information content (AvgIpc) is 3.17. The largest absolute Gasteiger partial charge is 0.343 e. The molecule has 2 aromatic heterocycles. The van der Waals surface area contributed by atoms with Gasteiger partial charge in [0.2, 0.25) is 0 Å². The number of benzene rings is 2. The first-order valence-electron chi connectivity index (χ1n) is 11.0. The minimum atomic E-state index is -0.217. The minimum Gasteiger partial charge on any atom is -0.343 e. The number of carbonyl (C=O) groups excluding carboxylic acids is 1. The highest BCUT2D eigenvalue weighted by atomic mass is 19.1. The Hall–Kier alpha value is -3.78. The number of urea groups is 1. The number of halogens is 1. The Labute approximate surface area is 191 Å². The molecule has 33 heavy (non-hydrogen) atoms. The number of piperazine rings is 1. The number of hydrogen-bond donors (Lipinski definition) is 1. The van der Waals surface area contributed by atoms with Crippen molar-refractivity contribution in [1.82, 2.24) is 24.3 Å². The number of fused-ring (bicyclic) bond motifs is 1. The third-order valence-corrected chi connectivity index (χ3v) is 5.96. The van der Waals surface area contributed by atoms with E-state index in [1.165, 1.54) is 23.2 Å². The monoisotopic (exact) mass is 444 g/mol. The molecule has 168 valence electrons. The van der Waals surface area contributed by atoms with Gasteiger partial charge in [0.05, 0.1) is 6.20 Å². The van der Waals surface area contributed by atoms with Crippen LogP contribution in [0.15, 0.2) is 73.3 Å². The van der Waals surface area contributed by atoms with E-state index in [4.69, 9.17) is 0 Å². The highest BCUT2D eigenvalue weighted by molar-refractivity contribution is 5.88. The van der Waals surface area contributed by atoms with Gasteiger partial charge in [-0.3, -0.25) is 15.2 Å². The molecular formula is C25H25FN6O. The number of anilines is 1. The van der Waals surface area contributed by atoms with E-state index in [9.17, 15) is 9.18 Å². The normalized spacial score (nSPS) is 14.5. The molecule has 8 heteroatoms. The van der Waals surface area contributed by atoms with Gasteiger partial charge in [-0.05, 0) is 29.3 Å². The van der Waals surface area contributed by atoms with Crippen LogP contribution in [-0.2, 0) is 13.1 Å². The van der Waals surface area contributed by atoms with Crippen molar-refractivity contribution in [3.05, 3.63) is 90.3 Å². The van der Waals surface area contributed by atoms with Crippen molar-refractivity contribution in [2.75, 3.05) is 31.5 Å². The van der Waals surface area contributed by atoms with Gasteiger partial charge in [-0.1, -0.05) is 30.3 Å². The van der Waals surface area contributed by atoms with E-state index < -0.39 is 0 Å². The lowest BCUT2D eigenvalue weighted by Gasteiger charge is -2.34. The van der Waals surface area contributed by atoms with Crippen molar-refractivity contribution >= 4 is 22.8 Å². The molecule has 3 heterocycles. The fourth-order valence-corrected chi connectivity index (χ4v) is 4.31. The number of amides is 2. The Morgan fingerprint density at radius 1 is 1.00 bits per heavy atom. The molecule has 1 fully saturated rings. The van der Waals surface area contributed by atoms with E-state index in [1.807, 2.05) is 18.2 Å². The molecule has 0 saturated carbocycles. The summed E-state index contributed by atoms with van der Waals surface area (Å²) in [6.07, 6.45) is 6.83. The Morgan fingerprint density at radius 3 is 2.64 bits per heavy atom. The standard InChI is InChI=1S/C25H25FN6O/c26-21-5-3-4-19(14-21)16-32-18-20(22-6-1-2-7-23(22)32)17-30-10-12-31(13-11-30)25(33)29-24-15-27-8-9-28-24/h1-9,14-15,18H,10-13,16-17H2,(H,28,29,33). The first kappa shape index (κ1) is 21.1. The van der Waals surface area contributed by atoms with Crippen LogP contribution >= 0.6 is 0 Å². The van der Waals surface area contributed by atoms with Gasteiger partial charge in [0.1, 0.15) is 5.82 Å². The number of hydrogen-bond acceptors (Lipinski definition) is 4. The molecule has 5 rings (SSSR count). The third-order valence-electron chi connectivity index (χ3n) is 5.96. The van der Waals surface area contributed by atoms with E-state index >= 15 is 0 Å². The second-order valence-corrected chi connectivity index (χ2v) is 8.21. The number of aromatic nitrogens is 3. The molecule has 0 spiro atoms. The Bertz CT molecular complexity index is 1250. The molecule has 0 aliphatic carbocycles. The maximum atomic E-state index is 13.7. The molecule has 0 atom stereocenters. The average molecular weight is 445 g/mol. The summed E-state index contributed by atoms with van der Waals surface area (Å²) >= 11 is 0.